The van der Waals surface area contributed by atoms with Gasteiger partial charge in [-0.25, -0.2) is 13.2 Å². The molecule has 6 nitrogen and oxygen atoms in total. The zero-order valence-corrected chi connectivity index (χ0v) is 13.1. The van der Waals surface area contributed by atoms with Crippen LogP contribution in [0.5, 0.6) is 0 Å². The van der Waals surface area contributed by atoms with E-state index in [0.717, 1.165) is 16.7 Å². The Kier molecular flexibility index (Phi) is 4.04. The first-order valence-electron chi connectivity index (χ1n) is 6.59. The van der Waals surface area contributed by atoms with Crippen LogP contribution >= 0.6 is 0 Å². The Bertz CT molecular complexity index is 667. The molecule has 3 amide bonds. The smallest absolute Gasteiger partial charge is 0.282 e. The molecule has 1 atom stereocenters. The van der Waals surface area contributed by atoms with Crippen molar-refractivity contribution in [3.8, 4) is 0 Å². The van der Waals surface area contributed by atoms with Crippen molar-refractivity contribution in [2.24, 2.45) is 0 Å². The summed E-state index contributed by atoms with van der Waals surface area (Å²) < 4.78 is 22.4. The van der Waals surface area contributed by atoms with Gasteiger partial charge < -0.3 is 0 Å². The summed E-state index contributed by atoms with van der Waals surface area (Å²) in [6.45, 7) is 3.46. The average molecular weight is 310 g/mol. The SMILES string of the molecule is Cc1ccc(N2C(=O)N(CCS(C)(=O)=O)C(=O)[C@H]2C)cc1. The van der Waals surface area contributed by atoms with Crippen LogP contribution in [-0.4, -0.2) is 49.9 Å². The number of hydrogen-bond acceptors (Lipinski definition) is 4. The van der Waals surface area contributed by atoms with E-state index in [1.165, 1.54) is 4.90 Å². The Morgan fingerprint density at radius 3 is 2.24 bits per heavy atom. The van der Waals surface area contributed by atoms with Gasteiger partial charge in [-0.05, 0) is 26.0 Å². The fourth-order valence-electron chi connectivity index (χ4n) is 2.23. The van der Waals surface area contributed by atoms with Crippen LogP contribution in [0.3, 0.4) is 0 Å². The van der Waals surface area contributed by atoms with Gasteiger partial charge in [0.25, 0.3) is 5.91 Å². The minimum atomic E-state index is -3.23. The molecule has 0 radical (unpaired) electrons. The maximum atomic E-state index is 12.4. The maximum absolute atomic E-state index is 12.4. The highest BCUT2D eigenvalue weighted by Gasteiger charge is 2.43. The van der Waals surface area contributed by atoms with Crippen molar-refractivity contribution in [2.75, 3.05) is 23.5 Å². The summed E-state index contributed by atoms with van der Waals surface area (Å²) in [5, 5.41) is 0. The number of carbonyl (C=O) groups is 2. The summed E-state index contributed by atoms with van der Waals surface area (Å²) in [6, 6.07) is 6.17. The molecule has 1 aliphatic rings. The number of anilines is 1. The highest BCUT2D eigenvalue weighted by Crippen LogP contribution is 2.25. The summed E-state index contributed by atoms with van der Waals surface area (Å²) in [6.07, 6.45) is 1.08. The van der Waals surface area contributed by atoms with E-state index in [-0.39, 0.29) is 18.2 Å². The molecule has 1 fully saturated rings. The largest absolute Gasteiger partial charge is 0.332 e. The quantitative estimate of drug-likeness (QED) is 0.783. The van der Waals surface area contributed by atoms with Crippen molar-refractivity contribution in [3.05, 3.63) is 29.8 Å². The first kappa shape index (κ1) is 15.5. The molecule has 0 spiro atoms. The normalized spacial score (nSPS) is 19.5. The minimum Gasteiger partial charge on any atom is -0.282 e. The summed E-state index contributed by atoms with van der Waals surface area (Å²) >= 11 is 0. The van der Waals surface area contributed by atoms with Gasteiger partial charge in [-0.2, -0.15) is 0 Å². The van der Waals surface area contributed by atoms with Crippen molar-refractivity contribution in [3.63, 3.8) is 0 Å². The van der Waals surface area contributed by atoms with Gasteiger partial charge in [0.15, 0.2) is 0 Å². The van der Waals surface area contributed by atoms with E-state index in [2.05, 4.69) is 0 Å². The number of amides is 3. The van der Waals surface area contributed by atoms with E-state index in [0.29, 0.717) is 5.69 Å². The molecular formula is C14H18N2O4S. The molecule has 1 aliphatic heterocycles. The van der Waals surface area contributed by atoms with Crippen LogP contribution in [0.25, 0.3) is 0 Å². The predicted octanol–water partition coefficient (Wildman–Crippen LogP) is 1.20. The van der Waals surface area contributed by atoms with E-state index >= 15 is 0 Å². The Labute approximate surface area is 124 Å². The molecule has 0 unspecified atom stereocenters. The standard InChI is InChI=1S/C14H18N2O4S/c1-10-4-6-12(7-5-10)16-11(2)13(17)15(14(16)18)8-9-21(3,19)20/h4-7,11H,8-9H2,1-3H3/t11-/m1/s1. The third-order valence-electron chi connectivity index (χ3n) is 3.45. The maximum Gasteiger partial charge on any atom is 0.332 e. The molecule has 2 rings (SSSR count). The molecule has 1 heterocycles. The van der Waals surface area contributed by atoms with Crippen LogP contribution in [0.15, 0.2) is 24.3 Å². The molecule has 0 N–H and O–H groups in total. The second kappa shape index (κ2) is 5.48. The van der Waals surface area contributed by atoms with Crippen molar-refractivity contribution >= 4 is 27.5 Å². The number of rotatable bonds is 4. The van der Waals surface area contributed by atoms with Gasteiger partial charge in [-0.15, -0.1) is 0 Å². The highest BCUT2D eigenvalue weighted by molar-refractivity contribution is 7.90. The predicted molar refractivity (Wildman–Crippen MR) is 79.9 cm³/mol. The van der Waals surface area contributed by atoms with Gasteiger partial charge in [-0.3, -0.25) is 14.6 Å². The number of aryl methyl sites for hydroxylation is 1. The lowest BCUT2D eigenvalue weighted by atomic mass is 10.2. The van der Waals surface area contributed by atoms with Crippen LogP contribution < -0.4 is 4.90 Å². The van der Waals surface area contributed by atoms with Crippen LogP contribution in [-0.2, 0) is 14.6 Å². The summed E-state index contributed by atoms with van der Waals surface area (Å²) in [5.41, 5.74) is 1.69. The Morgan fingerprint density at radius 1 is 1.14 bits per heavy atom. The Balaban J connectivity index is 2.24. The highest BCUT2D eigenvalue weighted by atomic mass is 32.2. The molecule has 1 aromatic rings. The molecule has 21 heavy (non-hydrogen) atoms. The Hall–Kier alpha value is -1.89. The topological polar surface area (TPSA) is 74.8 Å². The van der Waals surface area contributed by atoms with Crippen molar-refractivity contribution in [1.82, 2.24) is 4.90 Å². The zero-order chi connectivity index (χ0) is 15.8. The molecule has 7 heteroatoms. The lowest BCUT2D eigenvalue weighted by Gasteiger charge is -2.19. The number of urea groups is 1. The van der Waals surface area contributed by atoms with E-state index < -0.39 is 21.9 Å². The third-order valence-corrected chi connectivity index (χ3v) is 4.37. The van der Waals surface area contributed by atoms with Gasteiger partial charge in [0.05, 0.1) is 5.75 Å². The fraction of sp³-hybridized carbons (Fsp3) is 0.429. The molecule has 0 bridgehead atoms. The Morgan fingerprint density at radius 2 is 1.71 bits per heavy atom. The molecule has 114 valence electrons. The molecule has 1 saturated heterocycles. The first-order chi connectivity index (χ1) is 9.70. The monoisotopic (exact) mass is 310 g/mol. The summed E-state index contributed by atoms with van der Waals surface area (Å²) in [7, 11) is -3.23. The van der Waals surface area contributed by atoms with Gasteiger partial charge >= 0.3 is 6.03 Å². The number of imide groups is 1. The summed E-state index contributed by atoms with van der Waals surface area (Å²) in [4.78, 5) is 26.9. The minimum absolute atomic E-state index is 0.108. The first-order valence-corrected chi connectivity index (χ1v) is 8.66. The lowest BCUT2D eigenvalue weighted by Crippen LogP contribution is -2.36. The van der Waals surface area contributed by atoms with Gasteiger partial charge in [0.1, 0.15) is 15.9 Å². The number of sulfone groups is 1. The van der Waals surface area contributed by atoms with E-state index in [1.807, 2.05) is 19.1 Å². The zero-order valence-electron chi connectivity index (χ0n) is 12.2. The van der Waals surface area contributed by atoms with Crippen LogP contribution in [0.4, 0.5) is 10.5 Å². The molecule has 0 aliphatic carbocycles. The second-order valence-electron chi connectivity index (χ2n) is 5.28. The molecule has 0 saturated carbocycles. The average Bonchev–Trinajstić information content (AvgIpc) is 2.59. The van der Waals surface area contributed by atoms with Gasteiger partial charge in [0, 0.05) is 18.5 Å². The van der Waals surface area contributed by atoms with E-state index in [4.69, 9.17) is 0 Å². The van der Waals surface area contributed by atoms with Crippen LogP contribution in [0.2, 0.25) is 0 Å². The van der Waals surface area contributed by atoms with Crippen molar-refractivity contribution < 1.29 is 18.0 Å². The lowest BCUT2D eigenvalue weighted by molar-refractivity contribution is -0.126. The van der Waals surface area contributed by atoms with Crippen LogP contribution in [0, 0.1) is 6.92 Å². The number of benzene rings is 1. The van der Waals surface area contributed by atoms with Crippen molar-refractivity contribution in [1.29, 1.82) is 0 Å². The van der Waals surface area contributed by atoms with E-state index in [1.54, 1.807) is 19.1 Å². The van der Waals surface area contributed by atoms with Gasteiger partial charge in [-0.1, -0.05) is 17.7 Å². The summed E-state index contributed by atoms with van der Waals surface area (Å²) in [5.74, 6) is -0.594. The molecule has 1 aromatic carbocycles. The third kappa shape index (κ3) is 3.24. The number of hydrogen-bond donors (Lipinski definition) is 0. The second-order valence-corrected chi connectivity index (χ2v) is 7.54. The molecular weight excluding hydrogens is 292 g/mol. The van der Waals surface area contributed by atoms with Crippen LogP contribution in [0.1, 0.15) is 12.5 Å². The fourth-order valence-corrected chi connectivity index (χ4v) is 2.74. The van der Waals surface area contributed by atoms with Crippen molar-refractivity contribution in [2.45, 2.75) is 19.9 Å². The number of nitrogens with zero attached hydrogens (tertiary/aromatic N) is 2. The van der Waals surface area contributed by atoms with E-state index in [9.17, 15) is 18.0 Å². The van der Waals surface area contributed by atoms with Gasteiger partial charge in [0.2, 0.25) is 0 Å². The number of carbonyl (C=O) groups excluding carboxylic acids is 2. The molecule has 0 aromatic heterocycles.